The first kappa shape index (κ1) is 17.7. The van der Waals surface area contributed by atoms with Gasteiger partial charge < -0.3 is 14.2 Å². The van der Waals surface area contributed by atoms with Gasteiger partial charge in [-0.05, 0) is 36.5 Å². The van der Waals surface area contributed by atoms with Crippen LogP contribution in [0.4, 0.5) is 4.79 Å². The van der Waals surface area contributed by atoms with Gasteiger partial charge in [0.1, 0.15) is 12.4 Å². The van der Waals surface area contributed by atoms with Crippen molar-refractivity contribution in [3.8, 4) is 5.75 Å². The zero-order chi connectivity index (χ0) is 16.4. The zero-order valence-electron chi connectivity index (χ0n) is 12.2. The van der Waals surface area contributed by atoms with Crippen molar-refractivity contribution in [2.45, 2.75) is 0 Å². The molecule has 0 aliphatic rings. The molecule has 0 aliphatic heterocycles. The molecule has 120 valence electrons. The van der Waals surface area contributed by atoms with Gasteiger partial charge in [-0.3, -0.25) is 15.5 Å². The molecule has 0 atom stereocenters. The van der Waals surface area contributed by atoms with Crippen LogP contribution in [0.2, 0.25) is 0 Å². The lowest BCUT2D eigenvalue weighted by atomic mass is 10.2. The molecule has 1 rings (SSSR count). The second-order valence-electron chi connectivity index (χ2n) is 3.89. The van der Waals surface area contributed by atoms with Crippen LogP contribution in [-0.2, 0) is 9.47 Å². The van der Waals surface area contributed by atoms with E-state index in [0.29, 0.717) is 24.5 Å². The van der Waals surface area contributed by atoms with Gasteiger partial charge in [-0.1, -0.05) is 0 Å². The summed E-state index contributed by atoms with van der Waals surface area (Å²) in [5.41, 5.74) is 4.83. The number of methoxy groups -OCH3 is 2. The van der Waals surface area contributed by atoms with Gasteiger partial charge in [0, 0.05) is 12.7 Å². The minimum Gasteiger partial charge on any atom is -0.491 e. The monoisotopic (exact) mass is 327 g/mol. The van der Waals surface area contributed by atoms with Gasteiger partial charge in [-0.25, -0.2) is 10.2 Å². The van der Waals surface area contributed by atoms with Crippen LogP contribution in [0.1, 0.15) is 10.4 Å². The summed E-state index contributed by atoms with van der Waals surface area (Å²) in [7, 11) is 2.79. The average molecular weight is 327 g/mol. The van der Waals surface area contributed by atoms with Crippen LogP contribution in [0.15, 0.2) is 24.3 Å². The molecule has 0 heterocycles. The number of thiocarbonyl (C=S) groups is 1. The Hall–Kier alpha value is -2.39. The molecular formula is C13H17N3O5S. The number of nitrogens with one attached hydrogen (secondary N) is 3. The number of hydrogen-bond donors (Lipinski definition) is 3. The number of hydrogen-bond acceptors (Lipinski definition) is 6. The largest absolute Gasteiger partial charge is 0.491 e. The van der Waals surface area contributed by atoms with E-state index in [1.165, 1.54) is 7.11 Å². The lowest BCUT2D eigenvalue weighted by Gasteiger charge is -2.10. The van der Waals surface area contributed by atoms with E-state index in [0.717, 1.165) is 0 Å². The van der Waals surface area contributed by atoms with Gasteiger partial charge in [-0.2, -0.15) is 0 Å². The molecule has 0 saturated carbocycles. The molecule has 2 amide bonds. The van der Waals surface area contributed by atoms with Crippen LogP contribution in [0.25, 0.3) is 0 Å². The first-order valence-corrected chi connectivity index (χ1v) is 6.64. The summed E-state index contributed by atoms with van der Waals surface area (Å²) in [6.07, 6.45) is -0.728. The first-order valence-electron chi connectivity index (χ1n) is 6.24. The minimum absolute atomic E-state index is 0.0594. The molecule has 0 aromatic heterocycles. The van der Waals surface area contributed by atoms with E-state index in [1.807, 2.05) is 0 Å². The molecule has 22 heavy (non-hydrogen) atoms. The van der Waals surface area contributed by atoms with Gasteiger partial charge in [0.25, 0.3) is 5.91 Å². The molecule has 1 aromatic carbocycles. The molecule has 0 spiro atoms. The van der Waals surface area contributed by atoms with E-state index in [9.17, 15) is 9.59 Å². The molecule has 0 unspecified atom stereocenters. The molecule has 0 saturated heterocycles. The highest BCUT2D eigenvalue weighted by Gasteiger charge is 2.08. The molecule has 0 aliphatic carbocycles. The SMILES string of the molecule is COCCOc1ccc(C(=O)NC(=S)NNC(=O)OC)cc1. The number of carbonyl (C=O) groups is 2. The maximum Gasteiger partial charge on any atom is 0.425 e. The number of ether oxygens (including phenoxy) is 3. The van der Waals surface area contributed by atoms with Crippen molar-refractivity contribution in [1.82, 2.24) is 16.2 Å². The lowest BCUT2D eigenvalue weighted by molar-refractivity contribution is 0.0975. The topological polar surface area (TPSA) is 97.9 Å². The number of amides is 2. The third-order valence-electron chi connectivity index (χ3n) is 2.36. The fraction of sp³-hybridized carbons (Fsp3) is 0.308. The van der Waals surface area contributed by atoms with Crippen LogP contribution < -0.4 is 20.9 Å². The second-order valence-corrected chi connectivity index (χ2v) is 4.30. The van der Waals surface area contributed by atoms with Crippen molar-refractivity contribution in [3.05, 3.63) is 29.8 Å². The van der Waals surface area contributed by atoms with E-state index < -0.39 is 12.0 Å². The number of carbonyl (C=O) groups excluding carboxylic acids is 2. The molecular weight excluding hydrogens is 310 g/mol. The first-order chi connectivity index (χ1) is 10.6. The molecule has 1 aromatic rings. The van der Waals surface area contributed by atoms with Crippen LogP contribution in [-0.4, -0.2) is 44.5 Å². The summed E-state index contributed by atoms with van der Waals surface area (Å²) in [5, 5.41) is 2.34. The standard InChI is InChI=1S/C13H17N3O5S/c1-19-7-8-21-10-5-3-9(4-6-10)11(17)14-12(22)15-16-13(18)20-2/h3-6H,7-8H2,1-2H3,(H,16,18)(H2,14,15,17,22). The maximum absolute atomic E-state index is 11.9. The van der Waals surface area contributed by atoms with Crippen molar-refractivity contribution in [3.63, 3.8) is 0 Å². The van der Waals surface area contributed by atoms with Gasteiger partial charge >= 0.3 is 6.09 Å². The normalized spacial score (nSPS) is 9.55. The molecule has 9 heteroatoms. The fourth-order valence-electron chi connectivity index (χ4n) is 1.31. The predicted octanol–water partition coefficient (Wildman–Crippen LogP) is 0.587. The number of benzene rings is 1. The predicted molar refractivity (Wildman–Crippen MR) is 82.6 cm³/mol. The number of hydrazine groups is 1. The van der Waals surface area contributed by atoms with E-state index in [-0.39, 0.29) is 5.11 Å². The van der Waals surface area contributed by atoms with Crippen LogP contribution in [0.5, 0.6) is 5.75 Å². The summed E-state index contributed by atoms with van der Waals surface area (Å²) in [6.45, 7) is 0.907. The van der Waals surface area contributed by atoms with Gasteiger partial charge in [0.05, 0.1) is 13.7 Å². The number of rotatable bonds is 5. The van der Waals surface area contributed by atoms with Crippen molar-refractivity contribution in [1.29, 1.82) is 0 Å². The summed E-state index contributed by atoms with van der Waals surface area (Å²) < 4.78 is 14.6. The highest BCUT2D eigenvalue weighted by Crippen LogP contribution is 2.11. The molecule has 8 nitrogen and oxygen atoms in total. The molecule has 0 radical (unpaired) electrons. The summed E-state index contributed by atoms with van der Waals surface area (Å²) >= 11 is 4.84. The Kier molecular flexibility index (Phi) is 7.65. The highest BCUT2D eigenvalue weighted by molar-refractivity contribution is 7.80. The Morgan fingerprint density at radius 2 is 1.77 bits per heavy atom. The van der Waals surface area contributed by atoms with Crippen molar-refractivity contribution >= 4 is 29.3 Å². The van der Waals surface area contributed by atoms with Crippen LogP contribution in [0.3, 0.4) is 0 Å². The highest BCUT2D eigenvalue weighted by atomic mass is 32.1. The Morgan fingerprint density at radius 1 is 1.09 bits per heavy atom. The van der Waals surface area contributed by atoms with Crippen LogP contribution >= 0.6 is 12.2 Å². The second kappa shape index (κ2) is 9.53. The Morgan fingerprint density at radius 3 is 2.36 bits per heavy atom. The van der Waals surface area contributed by atoms with Gasteiger partial charge in [0.2, 0.25) is 0 Å². The Balaban J connectivity index is 2.44. The molecule has 0 fully saturated rings. The Labute approximate surface area is 133 Å². The summed E-state index contributed by atoms with van der Waals surface area (Å²) in [5.74, 6) is 0.203. The van der Waals surface area contributed by atoms with Crippen molar-refractivity contribution < 1.29 is 23.8 Å². The van der Waals surface area contributed by atoms with E-state index >= 15 is 0 Å². The average Bonchev–Trinajstić information content (AvgIpc) is 2.53. The van der Waals surface area contributed by atoms with Crippen LogP contribution in [0, 0.1) is 0 Å². The lowest BCUT2D eigenvalue weighted by Crippen LogP contribution is -2.48. The quantitative estimate of drug-likeness (QED) is 0.413. The van der Waals surface area contributed by atoms with E-state index in [4.69, 9.17) is 21.7 Å². The zero-order valence-corrected chi connectivity index (χ0v) is 13.0. The van der Waals surface area contributed by atoms with E-state index in [2.05, 4.69) is 20.9 Å². The van der Waals surface area contributed by atoms with E-state index in [1.54, 1.807) is 31.4 Å². The minimum atomic E-state index is -0.728. The third-order valence-corrected chi connectivity index (χ3v) is 2.57. The Bertz CT molecular complexity index is 521. The fourth-order valence-corrected chi connectivity index (χ4v) is 1.45. The van der Waals surface area contributed by atoms with Gasteiger partial charge in [-0.15, -0.1) is 0 Å². The van der Waals surface area contributed by atoms with Crippen molar-refractivity contribution in [2.24, 2.45) is 0 Å². The molecule has 3 N–H and O–H groups in total. The third kappa shape index (κ3) is 6.37. The van der Waals surface area contributed by atoms with Crippen molar-refractivity contribution in [2.75, 3.05) is 27.4 Å². The summed E-state index contributed by atoms with van der Waals surface area (Å²) in [6, 6.07) is 6.50. The van der Waals surface area contributed by atoms with Gasteiger partial charge in [0.15, 0.2) is 5.11 Å². The maximum atomic E-state index is 11.9. The summed E-state index contributed by atoms with van der Waals surface area (Å²) in [4.78, 5) is 22.7. The molecule has 0 bridgehead atoms. The smallest absolute Gasteiger partial charge is 0.425 e.